The molecule has 0 saturated heterocycles. The number of amides is 1. The molecule has 0 bridgehead atoms. The summed E-state index contributed by atoms with van der Waals surface area (Å²) < 4.78 is 0. The van der Waals surface area contributed by atoms with Crippen LogP contribution in [0.15, 0.2) is 23.1 Å². The highest BCUT2D eigenvalue weighted by molar-refractivity contribution is 7.98. The predicted octanol–water partition coefficient (Wildman–Crippen LogP) is 3.76. The van der Waals surface area contributed by atoms with Gasteiger partial charge in [0.25, 0.3) is 5.91 Å². The second kappa shape index (κ2) is 7.14. The van der Waals surface area contributed by atoms with E-state index in [1.54, 1.807) is 22.7 Å². The van der Waals surface area contributed by atoms with Gasteiger partial charge in [0.1, 0.15) is 0 Å². The fourth-order valence-electron chi connectivity index (χ4n) is 1.47. The van der Waals surface area contributed by atoms with Crippen molar-refractivity contribution in [1.29, 1.82) is 0 Å². The van der Waals surface area contributed by atoms with Gasteiger partial charge in [-0.15, -0.1) is 23.4 Å². The lowest BCUT2D eigenvalue weighted by molar-refractivity contribution is 0.0774. The van der Waals surface area contributed by atoms with E-state index in [0.717, 1.165) is 4.90 Å². The molecule has 0 heterocycles. The summed E-state index contributed by atoms with van der Waals surface area (Å²) in [6.07, 6.45) is 1.97. The van der Waals surface area contributed by atoms with E-state index in [0.29, 0.717) is 29.6 Å². The minimum atomic E-state index is -0.0611. The second-order valence-electron chi connectivity index (χ2n) is 3.42. The average Bonchev–Trinajstić information content (AvgIpc) is 2.35. The fraction of sp³-hybridized carbons (Fsp3) is 0.417. The van der Waals surface area contributed by atoms with Crippen LogP contribution >= 0.6 is 35.0 Å². The van der Waals surface area contributed by atoms with Crippen LogP contribution in [0.25, 0.3) is 0 Å². The number of carbonyl (C=O) groups is 1. The Hall–Kier alpha value is -0.380. The predicted molar refractivity (Wildman–Crippen MR) is 75.5 cm³/mol. The zero-order valence-corrected chi connectivity index (χ0v) is 12.2. The molecule has 5 heteroatoms. The van der Waals surface area contributed by atoms with Crippen molar-refractivity contribution in [3.05, 3.63) is 28.8 Å². The van der Waals surface area contributed by atoms with Gasteiger partial charge in [-0.25, -0.2) is 0 Å². The SMILES string of the molecule is CCN(CCCl)C(=O)c1cc(SC)ccc1Cl. The van der Waals surface area contributed by atoms with Gasteiger partial charge in [0.2, 0.25) is 0 Å². The molecule has 0 aliphatic rings. The maximum absolute atomic E-state index is 12.2. The first kappa shape index (κ1) is 14.7. The molecule has 1 rings (SSSR count). The van der Waals surface area contributed by atoms with Crippen molar-refractivity contribution < 1.29 is 4.79 Å². The van der Waals surface area contributed by atoms with E-state index in [1.165, 1.54) is 0 Å². The topological polar surface area (TPSA) is 20.3 Å². The highest BCUT2D eigenvalue weighted by Gasteiger charge is 2.17. The van der Waals surface area contributed by atoms with Crippen LogP contribution in [-0.2, 0) is 0 Å². The van der Waals surface area contributed by atoms with Crippen LogP contribution in [-0.4, -0.2) is 36.0 Å². The molecule has 0 atom stereocenters. The molecule has 0 fully saturated rings. The molecule has 1 amide bonds. The highest BCUT2D eigenvalue weighted by atomic mass is 35.5. The van der Waals surface area contributed by atoms with Crippen LogP contribution in [0, 0.1) is 0 Å². The number of carbonyl (C=O) groups excluding carboxylic acids is 1. The lowest BCUT2D eigenvalue weighted by Crippen LogP contribution is -2.32. The molecular weight excluding hydrogens is 277 g/mol. The Labute approximate surface area is 116 Å². The lowest BCUT2D eigenvalue weighted by Gasteiger charge is -2.20. The van der Waals surface area contributed by atoms with Crippen LogP contribution in [0.1, 0.15) is 17.3 Å². The van der Waals surface area contributed by atoms with Gasteiger partial charge in [0.05, 0.1) is 10.6 Å². The number of hydrogen-bond acceptors (Lipinski definition) is 2. The summed E-state index contributed by atoms with van der Waals surface area (Å²) in [6.45, 7) is 3.10. The van der Waals surface area contributed by atoms with Gasteiger partial charge in [0, 0.05) is 23.9 Å². The van der Waals surface area contributed by atoms with Crippen LogP contribution in [0.3, 0.4) is 0 Å². The fourth-order valence-corrected chi connectivity index (χ4v) is 2.31. The van der Waals surface area contributed by atoms with Gasteiger partial charge in [-0.1, -0.05) is 11.6 Å². The summed E-state index contributed by atoms with van der Waals surface area (Å²) in [5.74, 6) is 0.369. The average molecular weight is 292 g/mol. The van der Waals surface area contributed by atoms with Crippen molar-refractivity contribution in [1.82, 2.24) is 4.90 Å². The van der Waals surface area contributed by atoms with Gasteiger partial charge in [-0.2, -0.15) is 0 Å². The van der Waals surface area contributed by atoms with E-state index in [4.69, 9.17) is 23.2 Å². The minimum Gasteiger partial charge on any atom is -0.338 e. The number of rotatable bonds is 5. The highest BCUT2D eigenvalue weighted by Crippen LogP contribution is 2.24. The van der Waals surface area contributed by atoms with Crippen LogP contribution in [0.4, 0.5) is 0 Å². The van der Waals surface area contributed by atoms with Crippen LogP contribution in [0.2, 0.25) is 5.02 Å². The Morgan fingerprint density at radius 3 is 2.71 bits per heavy atom. The Morgan fingerprint density at radius 1 is 1.47 bits per heavy atom. The molecule has 94 valence electrons. The monoisotopic (exact) mass is 291 g/mol. The minimum absolute atomic E-state index is 0.0611. The van der Waals surface area contributed by atoms with Crippen molar-refractivity contribution in [2.24, 2.45) is 0 Å². The maximum Gasteiger partial charge on any atom is 0.255 e. The molecule has 0 aliphatic carbocycles. The molecule has 0 spiro atoms. The Morgan fingerprint density at radius 2 is 2.18 bits per heavy atom. The summed E-state index contributed by atoms with van der Waals surface area (Å²) in [5, 5.41) is 0.487. The van der Waals surface area contributed by atoms with Crippen molar-refractivity contribution in [3.8, 4) is 0 Å². The summed E-state index contributed by atoms with van der Waals surface area (Å²) in [7, 11) is 0. The number of halogens is 2. The maximum atomic E-state index is 12.2. The molecule has 0 radical (unpaired) electrons. The number of thioether (sulfide) groups is 1. The van der Waals surface area contributed by atoms with Crippen molar-refractivity contribution >= 4 is 40.9 Å². The van der Waals surface area contributed by atoms with Gasteiger partial charge < -0.3 is 4.90 Å². The second-order valence-corrected chi connectivity index (χ2v) is 5.08. The number of benzene rings is 1. The number of alkyl halides is 1. The number of nitrogens with zero attached hydrogens (tertiary/aromatic N) is 1. The standard InChI is InChI=1S/C12H15Cl2NOS/c1-3-15(7-6-13)12(16)10-8-9(17-2)4-5-11(10)14/h4-5,8H,3,6-7H2,1-2H3. The first-order valence-electron chi connectivity index (χ1n) is 5.32. The van der Waals surface area contributed by atoms with Crippen LogP contribution in [0.5, 0.6) is 0 Å². The zero-order chi connectivity index (χ0) is 12.8. The lowest BCUT2D eigenvalue weighted by atomic mass is 10.2. The van der Waals surface area contributed by atoms with E-state index in [-0.39, 0.29) is 5.91 Å². The molecule has 0 unspecified atom stereocenters. The van der Waals surface area contributed by atoms with Crippen molar-refractivity contribution in [2.45, 2.75) is 11.8 Å². The molecule has 1 aromatic rings. The molecule has 2 nitrogen and oxygen atoms in total. The summed E-state index contributed by atoms with van der Waals surface area (Å²) in [4.78, 5) is 14.9. The third-order valence-electron chi connectivity index (χ3n) is 2.43. The van der Waals surface area contributed by atoms with Gasteiger partial charge in [-0.05, 0) is 31.4 Å². The third-order valence-corrected chi connectivity index (χ3v) is 3.65. The summed E-state index contributed by atoms with van der Waals surface area (Å²) in [6, 6.07) is 5.49. The van der Waals surface area contributed by atoms with Crippen molar-refractivity contribution in [3.63, 3.8) is 0 Å². The largest absolute Gasteiger partial charge is 0.338 e. The van der Waals surface area contributed by atoms with Gasteiger partial charge in [0.15, 0.2) is 0 Å². The summed E-state index contributed by atoms with van der Waals surface area (Å²) >= 11 is 13.3. The number of hydrogen-bond donors (Lipinski definition) is 0. The molecule has 0 N–H and O–H groups in total. The van der Waals surface area contributed by atoms with Crippen LogP contribution < -0.4 is 0 Å². The molecule has 0 saturated carbocycles. The molecule has 0 aliphatic heterocycles. The van der Waals surface area contributed by atoms with E-state index < -0.39 is 0 Å². The molecule has 17 heavy (non-hydrogen) atoms. The first-order valence-corrected chi connectivity index (χ1v) is 7.46. The van der Waals surface area contributed by atoms with Gasteiger partial charge in [-0.3, -0.25) is 4.79 Å². The van der Waals surface area contributed by atoms with Crippen molar-refractivity contribution in [2.75, 3.05) is 25.2 Å². The zero-order valence-electron chi connectivity index (χ0n) is 9.87. The normalized spacial score (nSPS) is 10.4. The molecular formula is C12H15Cl2NOS. The van der Waals surface area contributed by atoms with E-state index in [2.05, 4.69) is 0 Å². The van der Waals surface area contributed by atoms with E-state index in [9.17, 15) is 4.79 Å². The first-order chi connectivity index (χ1) is 8.13. The quantitative estimate of drug-likeness (QED) is 0.608. The smallest absolute Gasteiger partial charge is 0.255 e. The van der Waals surface area contributed by atoms with E-state index in [1.807, 2.05) is 25.3 Å². The Balaban J connectivity index is 3.01. The molecule has 0 aromatic heterocycles. The molecule has 1 aromatic carbocycles. The third kappa shape index (κ3) is 3.80. The van der Waals surface area contributed by atoms with Gasteiger partial charge >= 0.3 is 0 Å². The van der Waals surface area contributed by atoms with E-state index >= 15 is 0 Å². The Bertz CT molecular complexity index is 398. The summed E-state index contributed by atoms with van der Waals surface area (Å²) in [5.41, 5.74) is 0.547. The Kier molecular flexibility index (Phi) is 6.17.